The number of amides is 2. The van der Waals surface area contributed by atoms with Crippen LogP contribution < -0.4 is 15.4 Å². The van der Waals surface area contributed by atoms with E-state index >= 15 is 0 Å². The zero-order valence-electron chi connectivity index (χ0n) is 15.8. The van der Waals surface area contributed by atoms with Crippen molar-refractivity contribution in [1.82, 2.24) is 0 Å². The highest BCUT2D eigenvalue weighted by Crippen LogP contribution is 2.24. The third-order valence-electron chi connectivity index (χ3n) is 3.86. The topological polar surface area (TPSA) is 67.4 Å². The lowest BCUT2D eigenvalue weighted by Gasteiger charge is -2.19. The van der Waals surface area contributed by atoms with Crippen LogP contribution in [0.2, 0.25) is 0 Å². The van der Waals surface area contributed by atoms with Crippen LogP contribution in [0, 0.1) is 0 Å². The van der Waals surface area contributed by atoms with Gasteiger partial charge >= 0.3 is 0 Å². The Balaban J connectivity index is 1.84. The molecule has 0 aromatic heterocycles. The van der Waals surface area contributed by atoms with Gasteiger partial charge in [-0.2, -0.15) is 0 Å². The molecule has 0 aliphatic carbocycles. The number of benzene rings is 2. The molecule has 0 bridgehead atoms. The maximum absolute atomic E-state index is 12.0. The normalized spacial score (nSPS) is 10.9. The maximum atomic E-state index is 12.0. The molecule has 0 saturated carbocycles. The Kier molecular flexibility index (Phi) is 6.39. The molecule has 2 N–H and O–H groups in total. The van der Waals surface area contributed by atoms with E-state index in [2.05, 4.69) is 31.4 Å². The van der Waals surface area contributed by atoms with Gasteiger partial charge in [-0.3, -0.25) is 9.59 Å². The second kappa shape index (κ2) is 8.52. The lowest BCUT2D eigenvalue weighted by molar-refractivity contribution is -0.118. The molecule has 26 heavy (non-hydrogen) atoms. The Bertz CT molecular complexity index is 744. The summed E-state index contributed by atoms with van der Waals surface area (Å²) in [6.07, 6.45) is 0.423. The molecule has 0 atom stereocenters. The third kappa shape index (κ3) is 5.92. The molecule has 0 aliphatic rings. The molecule has 0 spiro atoms. The molecule has 2 rings (SSSR count). The Hall–Kier alpha value is -2.82. The van der Waals surface area contributed by atoms with Crippen molar-refractivity contribution in [2.45, 2.75) is 39.5 Å². The van der Waals surface area contributed by atoms with Gasteiger partial charge in [0.1, 0.15) is 5.75 Å². The quantitative estimate of drug-likeness (QED) is 0.810. The molecule has 0 saturated heterocycles. The van der Waals surface area contributed by atoms with Crippen molar-refractivity contribution in [3.63, 3.8) is 0 Å². The predicted octanol–water partition coefficient (Wildman–Crippen LogP) is 4.35. The average Bonchev–Trinajstić information content (AvgIpc) is 2.61. The van der Waals surface area contributed by atoms with Gasteiger partial charge < -0.3 is 15.4 Å². The van der Waals surface area contributed by atoms with Crippen molar-refractivity contribution in [3.05, 3.63) is 54.1 Å². The van der Waals surface area contributed by atoms with Crippen molar-refractivity contribution in [2.75, 3.05) is 17.2 Å². The first-order valence-corrected chi connectivity index (χ1v) is 8.71. The van der Waals surface area contributed by atoms with Gasteiger partial charge in [-0.25, -0.2) is 0 Å². The Labute approximate surface area is 154 Å². The van der Waals surface area contributed by atoms with Gasteiger partial charge in [0.05, 0.1) is 0 Å². The van der Waals surface area contributed by atoms with E-state index in [9.17, 15) is 9.59 Å². The summed E-state index contributed by atoms with van der Waals surface area (Å²) in [5.41, 5.74) is 2.64. The molecule has 2 amide bonds. The molecule has 5 heteroatoms. The van der Waals surface area contributed by atoms with Gasteiger partial charge in [-0.05, 0) is 47.4 Å². The predicted molar refractivity (Wildman–Crippen MR) is 105 cm³/mol. The first-order valence-electron chi connectivity index (χ1n) is 8.71. The van der Waals surface area contributed by atoms with E-state index in [1.807, 2.05) is 24.3 Å². The number of ether oxygens (including phenoxy) is 1. The van der Waals surface area contributed by atoms with Gasteiger partial charge in [0.15, 0.2) is 6.61 Å². The molecule has 0 radical (unpaired) electrons. The van der Waals surface area contributed by atoms with Crippen LogP contribution in [0.15, 0.2) is 48.5 Å². The van der Waals surface area contributed by atoms with Crippen molar-refractivity contribution in [1.29, 1.82) is 0 Å². The molecule has 0 heterocycles. The van der Waals surface area contributed by atoms with Gasteiger partial charge in [0.2, 0.25) is 5.91 Å². The number of hydrogen-bond donors (Lipinski definition) is 2. The molecule has 0 aliphatic heterocycles. The van der Waals surface area contributed by atoms with Crippen LogP contribution in [0.1, 0.15) is 39.7 Å². The largest absolute Gasteiger partial charge is 0.484 e. The summed E-state index contributed by atoms with van der Waals surface area (Å²) in [5, 5.41) is 5.52. The Morgan fingerprint density at radius 1 is 0.846 bits per heavy atom. The Morgan fingerprint density at radius 2 is 1.35 bits per heavy atom. The van der Waals surface area contributed by atoms with Gasteiger partial charge in [-0.15, -0.1) is 0 Å². The lowest BCUT2D eigenvalue weighted by Crippen LogP contribution is -2.20. The number of hydrogen-bond acceptors (Lipinski definition) is 3. The summed E-state index contributed by atoms with van der Waals surface area (Å²) < 4.78 is 5.53. The first-order chi connectivity index (χ1) is 12.3. The Morgan fingerprint density at radius 3 is 1.81 bits per heavy atom. The molecule has 2 aromatic carbocycles. The SMILES string of the molecule is CCC(=O)Nc1ccc(NC(=O)COc2ccc(C(C)(C)C)cc2)cc1. The fourth-order valence-corrected chi connectivity index (χ4v) is 2.28. The standard InChI is InChI=1S/C21H26N2O3/c1-5-19(24)22-16-8-10-17(11-9-16)23-20(25)14-26-18-12-6-15(7-13-18)21(2,3)4/h6-13H,5,14H2,1-4H3,(H,22,24)(H,23,25). The summed E-state index contributed by atoms with van der Waals surface area (Å²) in [4.78, 5) is 23.4. The highest BCUT2D eigenvalue weighted by Gasteiger charge is 2.13. The van der Waals surface area contributed by atoms with E-state index < -0.39 is 0 Å². The highest BCUT2D eigenvalue weighted by molar-refractivity contribution is 5.93. The molecule has 0 fully saturated rings. The second-order valence-corrected chi connectivity index (χ2v) is 7.09. The van der Waals surface area contributed by atoms with E-state index in [0.717, 1.165) is 0 Å². The smallest absolute Gasteiger partial charge is 0.262 e. The second-order valence-electron chi connectivity index (χ2n) is 7.09. The van der Waals surface area contributed by atoms with E-state index in [4.69, 9.17) is 4.74 Å². The fraction of sp³-hybridized carbons (Fsp3) is 0.333. The van der Waals surface area contributed by atoms with Crippen molar-refractivity contribution < 1.29 is 14.3 Å². The molecule has 138 valence electrons. The lowest BCUT2D eigenvalue weighted by atomic mass is 9.87. The van der Waals surface area contributed by atoms with E-state index in [-0.39, 0.29) is 23.8 Å². The van der Waals surface area contributed by atoms with Crippen LogP contribution in [-0.2, 0) is 15.0 Å². The zero-order chi connectivity index (χ0) is 19.2. The minimum Gasteiger partial charge on any atom is -0.484 e. The minimum absolute atomic E-state index is 0.0485. The minimum atomic E-state index is -0.241. The number of carbonyl (C=O) groups is 2. The monoisotopic (exact) mass is 354 g/mol. The molecular weight excluding hydrogens is 328 g/mol. The summed E-state index contributed by atoms with van der Waals surface area (Å²) in [7, 11) is 0. The van der Waals surface area contributed by atoms with Gasteiger partial charge in [0.25, 0.3) is 5.91 Å². The number of carbonyl (C=O) groups excluding carboxylic acids is 2. The number of rotatable bonds is 6. The average molecular weight is 354 g/mol. The van der Waals surface area contributed by atoms with Crippen LogP contribution in [0.25, 0.3) is 0 Å². The van der Waals surface area contributed by atoms with Crippen molar-refractivity contribution in [3.8, 4) is 5.75 Å². The van der Waals surface area contributed by atoms with E-state index in [1.165, 1.54) is 5.56 Å². The molecule has 2 aromatic rings. The van der Waals surface area contributed by atoms with Crippen LogP contribution >= 0.6 is 0 Å². The molecule has 5 nitrogen and oxygen atoms in total. The third-order valence-corrected chi connectivity index (χ3v) is 3.86. The van der Waals surface area contributed by atoms with Gasteiger partial charge in [-0.1, -0.05) is 39.8 Å². The summed E-state index contributed by atoms with van der Waals surface area (Å²) >= 11 is 0. The highest BCUT2D eigenvalue weighted by atomic mass is 16.5. The van der Waals surface area contributed by atoms with Crippen LogP contribution in [-0.4, -0.2) is 18.4 Å². The summed E-state index contributed by atoms with van der Waals surface area (Å²) in [5.74, 6) is 0.369. The number of anilines is 2. The van der Waals surface area contributed by atoms with Crippen molar-refractivity contribution in [2.24, 2.45) is 0 Å². The fourth-order valence-electron chi connectivity index (χ4n) is 2.28. The zero-order valence-corrected chi connectivity index (χ0v) is 15.8. The first kappa shape index (κ1) is 19.5. The summed E-state index contributed by atoms with van der Waals surface area (Å²) in [6.45, 7) is 8.17. The van der Waals surface area contributed by atoms with Gasteiger partial charge in [0, 0.05) is 17.8 Å². The molecular formula is C21H26N2O3. The van der Waals surface area contributed by atoms with Crippen LogP contribution in [0.5, 0.6) is 5.75 Å². The van der Waals surface area contributed by atoms with E-state index in [0.29, 0.717) is 23.5 Å². The number of nitrogens with one attached hydrogen (secondary N) is 2. The summed E-state index contributed by atoms with van der Waals surface area (Å²) in [6, 6.07) is 14.7. The maximum Gasteiger partial charge on any atom is 0.262 e. The van der Waals surface area contributed by atoms with Crippen LogP contribution in [0.3, 0.4) is 0 Å². The molecule has 0 unspecified atom stereocenters. The van der Waals surface area contributed by atoms with Crippen molar-refractivity contribution >= 4 is 23.2 Å². The van der Waals surface area contributed by atoms with E-state index in [1.54, 1.807) is 31.2 Å². The van der Waals surface area contributed by atoms with Crippen LogP contribution in [0.4, 0.5) is 11.4 Å².